The van der Waals surface area contributed by atoms with Gasteiger partial charge in [-0.05, 0) is 42.2 Å². The summed E-state index contributed by atoms with van der Waals surface area (Å²) in [5.74, 6) is -0.262. The summed E-state index contributed by atoms with van der Waals surface area (Å²) in [7, 11) is -0.779. The molecule has 0 saturated carbocycles. The van der Waals surface area contributed by atoms with Crippen molar-refractivity contribution in [1.29, 1.82) is 0 Å². The molecule has 2 heterocycles. The summed E-state index contributed by atoms with van der Waals surface area (Å²) in [6.45, 7) is 8.21. The molecule has 2 aliphatic rings. The number of carbonyl (C=O) groups excluding carboxylic acids is 1. The summed E-state index contributed by atoms with van der Waals surface area (Å²) in [5, 5.41) is 7.04. The second kappa shape index (κ2) is 6.57. The number of fused-ring (bicyclic) bond motifs is 1. The lowest BCUT2D eigenvalue weighted by Crippen LogP contribution is -2.33. The first kappa shape index (κ1) is 17.6. The van der Waals surface area contributed by atoms with Gasteiger partial charge in [-0.15, -0.1) is 0 Å². The van der Waals surface area contributed by atoms with Crippen LogP contribution in [0.1, 0.15) is 51.2 Å². The van der Waals surface area contributed by atoms with Gasteiger partial charge in [-0.2, -0.15) is 0 Å². The Bertz CT molecular complexity index is 709. The third-order valence-corrected chi connectivity index (χ3v) is 6.78. The van der Waals surface area contributed by atoms with E-state index in [9.17, 15) is 9.18 Å². The highest BCUT2D eigenvalue weighted by Gasteiger charge is 2.42. The second-order valence-corrected chi connectivity index (χ2v) is 9.68. The minimum Gasteiger partial charge on any atom is -0.316 e. The molecule has 1 aromatic rings. The molecule has 1 saturated heterocycles. The summed E-state index contributed by atoms with van der Waals surface area (Å²) in [4.78, 5) is 13.3. The molecule has 24 heavy (non-hydrogen) atoms. The lowest BCUT2D eigenvalue weighted by molar-refractivity contribution is -0.119. The molecule has 2 aliphatic heterocycles. The Kier molecular flexibility index (Phi) is 4.80. The summed E-state index contributed by atoms with van der Waals surface area (Å²) in [5.41, 5.74) is 1.28. The van der Waals surface area contributed by atoms with Crippen molar-refractivity contribution in [3.8, 4) is 0 Å². The van der Waals surface area contributed by atoms with Gasteiger partial charge >= 0.3 is 0 Å². The molecule has 1 aromatic carbocycles. The molecule has 0 aliphatic carbocycles. The number of hydrogen-bond donors (Lipinski definition) is 1. The van der Waals surface area contributed by atoms with Crippen LogP contribution in [0.2, 0.25) is 0 Å². The van der Waals surface area contributed by atoms with Crippen molar-refractivity contribution >= 4 is 26.8 Å². The maximum atomic E-state index is 14.5. The van der Waals surface area contributed by atoms with E-state index in [0.717, 1.165) is 37.9 Å². The van der Waals surface area contributed by atoms with Gasteiger partial charge in [0.05, 0.1) is 5.41 Å². The van der Waals surface area contributed by atoms with Crippen molar-refractivity contribution in [2.75, 3.05) is 13.1 Å². The minimum atomic E-state index is -0.779. The molecule has 0 radical (unpaired) electrons. The topological polar surface area (TPSA) is 29.1 Å². The van der Waals surface area contributed by atoms with Crippen LogP contribution in [0.15, 0.2) is 29.7 Å². The number of benzene rings is 1. The Hall–Kier alpha value is -1.26. The SMILES string of the molecule is CC(C)(C)CCC1(C(=O)S2=Cc3ccccc3C(F)=C2)CCNC1. The van der Waals surface area contributed by atoms with E-state index >= 15 is 0 Å². The van der Waals surface area contributed by atoms with Crippen molar-refractivity contribution < 1.29 is 9.18 Å². The maximum Gasteiger partial charge on any atom is 0.194 e. The highest BCUT2D eigenvalue weighted by Crippen LogP contribution is 2.44. The average Bonchev–Trinajstić information content (AvgIpc) is 3.02. The van der Waals surface area contributed by atoms with E-state index in [1.165, 1.54) is 5.41 Å². The van der Waals surface area contributed by atoms with Crippen LogP contribution >= 0.6 is 10.5 Å². The van der Waals surface area contributed by atoms with Crippen LogP contribution in [0.3, 0.4) is 0 Å². The molecular weight excluding hydrogens is 321 g/mol. The van der Waals surface area contributed by atoms with Gasteiger partial charge in [0.1, 0.15) is 5.83 Å². The Labute approximate surface area is 146 Å². The third-order valence-electron chi connectivity index (χ3n) is 4.95. The molecule has 130 valence electrons. The smallest absolute Gasteiger partial charge is 0.194 e. The van der Waals surface area contributed by atoms with Crippen LogP contribution in [0.5, 0.6) is 0 Å². The van der Waals surface area contributed by atoms with Gasteiger partial charge in [-0.25, -0.2) is 4.39 Å². The second-order valence-electron chi connectivity index (χ2n) is 8.10. The molecule has 1 N–H and O–H groups in total. The molecule has 2 atom stereocenters. The zero-order valence-corrected chi connectivity index (χ0v) is 15.5. The molecule has 2 unspecified atom stereocenters. The maximum absolute atomic E-state index is 14.5. The zero-order chi connectivity index (χ0) is 17.4. The highest BCUT2D eigenvalue weighted by molar-refractivity contribution is 8.30. The Balaban J connectivity index is 1.91. The summed E-state index contributed by atoms with van der Waals surface area (Å²) >= 11 is 0. The van der Waals surface area contributed by atoms with Gasteiger partial charge in [0, 0.05) is 17.5 Å². The molecule has 0 bridgehead atoms. The van der Waals surface area contributed by atoms with Crippen LogP contribution < -0.4 is 5.32 Å². The van der Waals surface area contributed by atoms with E-state index in [4.69, 9.17) is 0 Å². The normalized spacial score (nSPS) is 26.5. The lowest BCUT2D eigenvalue weighted by Gasteiger charge is -2.31. The van der Waals surface area contributed by atoms with Crippen molar-refractivity contribution in [2.45, 2.75) is 40.0 Å². The van der Waals surface area contributed by atoms with Gasteiger partial charge in [0.2, 0.25) is 0 Å². The fraction of sp³-hybridized carbons (Fsp3) is 0.500. The van der Waals surface area contributed by atoms with Crippen LogP contribution in [0, 0.1) is 10.8 Å². The molecule has 1 fully saturated rings. The van der Waals surface area contributed by atoms with Crippen molar-refractivity contribution in [3.05, 3.63) is 40.8 Å². The van der Waals surface area contributed by atoms with Crippen LogP contribution in [-0.4, -0.2) is 23.6 Å². The standard InChI is InChI=1S/C20H26FNOS/c1-19(2,3)8-9-20(10-11-22-14-20)18(23)24-12-15-6-4-5-7-16(15)17(21)13-24/h4-7,12-13,22H,8-11,14H2,1-3H3. The Morgan fingerprint density at radius 2 is 2.08 bits per heavy atom. The van der Waals surface area contributed by atoms with Gasteiger partial charge in [-0.3, -0.25) is 4.79 Å². The minimum absolute atomic E-state index is 0.196. The van der Waals surface area contributed by atoms with E-state index in [1.807, 2.05) is 23.6 Å². The first-order chi connectivity index (χ1) is 11.3. The van der Waals surface area contributed by atoms with E-state index in [1.54, 1.807) is 6.07 Å². The van der Waals surface area contributed by atoms with Gasteiger partial charge in [0.25, 0.3) is 0 Å². The predicted octanol–water partition coefficient (Wildman–Crippen LogP) is 4.72. The molecule has 0 amide bonds. The van der Waals surface area contributed by atoms with Gasteiger partial charge < -0.3 is 5.32 Å². The lowest BCUT2D eigenvalue weighted by atomic mass is 9.78. The molecule has 0 spiro atoms. The van der Waals surface area contributed by atoms with E-state index in [2.05, 4.69) is 26.1 Å². The van der Waals surface area contributed by atoms with Crippen molar-refractivity contribution in [3.63, 3.8) is 0 Å². The molecule has 0 aromatic heterocycles. The van der Waals surface area contributed by atoms with Crippen LogP contribution in [-0.2, 0) is 4.79 Å². The van der Waals surface area contributed by atoms with Crippen LogP contribution in [0.4, 0.5) is 4.39 Å². The Morgan fingerprint density at radius 1 is 1.33 bits per heavy atom. The fourth-order valence-corrected chi connectivity index (χ4v) is 5.26. The average molecular weight is 347 g/mol. The van der Waals surface area contributed by atoms with E-state index in [0.29, 0.717) is 5.56 Å². The predicted molar refractivity (Wildman–Crippen MR) is 102 cm³/mol. The van der Waals surface area contributed by atoms with Crippen molar-refractivity contribution in [2.24, 2.45) is 10.8 Å². The number of nitrogens with one attached hydrogen (secondary N) is 1. The first-order valence-corrected chi connectivity index (χ1v) is 9.95. The highest BCUT2D eigenvalue weighted by atomic mass is 32.2. The molecular formula is C20H26FNOS. The largest absolute Gasteiger partial charge is 0.316 e. The van der Waals surface area contributed by atoms with Gasteiger partial charge in [0.15, 0.2) is 5.12 Å². The Morgan fingerprint density at radius 3 is 2.75 bits per heavy atom. The molecule has 3 rings (SSSR count). The van der Waals surface area contributed by atoms with Crippen LogP contribution in [0.25, 0.3) is 5.83 Å². The molecule has 2 nitrogen and oxygen atoms in total. The number of rotatable bonds is 3. The van der Waals surface area contributed by atoms with Gasteiger partial charge in [-0.1, -0.05) is 55.5 Å². The van der Waals surface area contributed by atoms with Crippen molar-refractivity contribution in [1.82, 2.24) is 5.32 Å². The number of halogens is 1. The number of hydrogen-bond acceptors (Lipinski definition) is 2. The zero-order valence-electron chi connectivity index (χ0n) is 14.7. The first-order valence-electron chi connectivity index (χ1n) is 8.59. The third kappa shape index (κ3) is 3.55. The molecule has 4 heteroatoms. The summed E-state index contributed by atoms with van der Waals surface area (Å²) in [6, 6.07) is 7.39. The van der Waals surface area contributed by atoms with E-state index in [-0.39, 0.29) is 21.8 Å². The quantitative estimate of drug-likeness (QED) is 0.802. The fourth-order valence-electron chi connectivity index (χ4n) is 3.37. The van der Waals surface area contributed by atoms with E-state index < -0.39 is 10.5 Å². The summed E-state index contributed by atoms with van der Waals surface area (Å²) in [6.07, 6.45) is 2.73. The number of carbonyl (C=O) groups is 1. The monoisotopic (exact) mass is 347 g/mol. The summed E-state index contributed by atoms with van der Waals surface area (Å²) < 4.78 is 14.5.